The molecule has 3 rings (SSSR count). The summed E-state index contributed by atoms with van der Waals surface area (Å²) in [5.74, 6) is 0.404. The minimum absolute atomic E-state index is 0.113. The Bertz CT molecular complexity index is 907. The fraction of sp³-hybridized carbons (Fsp3) is 0.130. The Morgan fingerprint density at radius 2 is 1.50 bits per heavy atom. The average molecular weight is 341 g/mol. The summed E-state index contributed by atoms with van der Waals surface area (Å²) in [5, 5.41) is 8.86. The lowest BCUT2D eigenvalue weighted by molar-refractivity contribution is -0.134. The van der Waals surface area contributed by atoms with Crippen LogP contribution in [0, 0.1) is 11.3 Å². The molecule has 3 nitrogen and oxygen atoms in total. The van der Waals surface area contributed by atoms with Crippen molar-refractivity contribution in [3.05, 3.63) is 90.0 Å². The van der Waals surface area contributed by atoms with Crippen LogP contribution in [0.1, 0.15) is 30.4 Å². The number of esters is 1. The largest absolute Gasteiger partial charge is 0.427 e. The van der Waals surface area contributed by atoms with Crippen molar-refractivity contribution in [3.8, 4) is 22.9 Å². The zero-order valence-electron chi connectivity index (χ0n) is 14.6. The maximum Gasteiger partial charge on any atom is 0.311 e. The van der Waals surface area contributed by atoms with Gasteiger partial charge in [-0.3, -0.25) is 4.79 Å². The molecule has 0 N–H and O–H groups in total. The van der Waals surface area contributed by atoms with Gasteiger partial charge in [-0.25, -0.2) is 0 Å². The van der Waals surface area contributed by atoms with Crippen molar-refractivity contribution in [2.45, 2.75) is 19.3 Å². The molecule has 0 aliphatic carbocycles. The number of benzene rings is 3. The molecule has 3 heteroatoms. The molecule has 0 saturated carbocycles. The fourth-order valence-electron chi connectivity index (χ4n) is 2.78. The molecule has 0 spiro atoms. The molecule has 0 heterocycles. The number of carbonyl (C=O) groups is 1. The molecule has 0 bridgehead atoms. The molecule has 0 radical (unpaired) electrons. The maximum absolute atomic E-state index is 12.2. The molecule has 1 atom stereocenters. The molecule has 128 valence electrons. The van der Waals surface area contributed by atoms with Gasteiger partial charge < -0.3 is 4.74 Å². The fourth-order valence-corrected chi connectivity index (χ4v) is 2.78. The van der Waals surface area contributed by atoms with Crippen LogP contribution in [0.2, 0.25) is 0 Å². The molecule has 0 unspecified atom stereocenters. The van der Waals surface area contributed by atoms with E-state index >= 15 is 0 Å². The second-order valence-corrected chi connectivity index (χ2v) is 6.20. The summed E-state index contributed by atoms with van der Waals surface area (Å²) in [7, 11) is 0. The van der Waals surface area contributed by atoms with Gasteiger partial charge in [0.15, 0.2) is 0 Å². The molecule has 3 aromatic carbocycles. The standard InChI is InChI=1S/C23H19NO2/c1-17(19-5-3-2-4-6-19)15-23(25)26-22-13-11-21(12-14-22)20-9-7-18(16-24)8-10-20/h2-14,17H,15H2,1H3/t17-/m1/s1. The lowest BCUT2D eigenvalue weighted by Crippen LogP contribution is -2.11. The van der Waals surface area contributed by atoms with Crippen molar-refractivity contribution < 1.29 is 9.53 Å². The molecule has 26 heavy (non-hydrogen) atoms. The number of ether oxygens (including phenoxy) is 1. The maximum atomic E-state index is 12.2. The minimum atomic E-state index is -0.243. The third-order valence-corrected chi connectivity index (χ3v) is 4.27. The summed E-state index contributed by atoms with van der Waals surface area (Å²) in [4.78, 5) is 12.2. The molecule has 0 aliphatic heterocycles. The Kier molecular flexibility index (Phi) is 5.46. The van der Waals surface area contributed by atoms with E-state index in [1.807, 2.05) is 61.5 Å². The first-order chi connectivity index (χ1) is 12.7. The summed E-state index contributed by atoms with van der Waals surface area (Å²) in [6.45, 7) is 2.02. The summed E-state index contributed by atoms with van der Waals surface area (Å²) in [5.41, 5.74) is 3.78. The first-order valence-electron chi connectivity index (χ1n) is 8.52. The number of hydrogen-bond donors (Lipinski definition) is 0. The third kappa shape index (κ3) is 4.37. The Morgan fingerprint density at radius 1 is 0.923 bits per heavy atom. The summed E-state index contributed by atoms with van der Waals surface area (Å²) in [6, 6.07) is 26.8. The van der Waals surface area contributed by atoms with Crippen LogP contribution < -0.4 is 4.74 Å². The Balaban J connectivity index is 1.61. The van der Waals surface area contributed by atoms with Gasteiger partial charge in [-0.2, -0.15) is 5.26 Å². The first kappa shape index (κ1) is 17.4. The van der Waals surface area contributed by atoms with Crippen LogP contribution >= 0.6 is 0 Å². The van der Waals surface area contributed by atoms with E-state index in [0.29, 0.717) is 17.7 Å². The number of carbonyl (C=O) groups excluding carboxylic acids is 1. The van der Waals surface area contributed by atoms with Gasteiger partial charge >= 0.3 is 5.97 Å². The highest BCUT2D eigenvalue weighted by atomic mass is 16.5. The average Bonchev–Trinajstić information content (AvgIpc) is 2.69. The molecule has 0 aromatic heterocycles. The van der Waals surface area contributed by atoms with Gasteiger partial charge in [-0.05, 0) is 46.9 Å². The van der Waals surface area contributed by atoms with Crippen molar-refractivity contribution in [1.82, 2.24) is 0 Å². The van der Waals surface area contributed by atoms with Crippen LogP contribution in [0.25, 0.3) is 11.1 Å². The van der Waals surface area contributed by atoms with Crippen LogP contribution in [-0.2, 0) is 4.79 Å². The lowest BCUT2D eigenvalue weighted by Gasteiger charge is -2.11. The molecular weight excluding hydrogens is 322 g/mol. The number of rotatable bonds is 5. The predicted octanol–water partition coefficient (Wildman–Crippen LogP) is 5.32. The van der Waals surface area contributed by atoms with E-state index in [1.165, 1.54) is 0 Å². The van der Waals surface area contributed by atoms with E-state index in [2.05, 4.69) is 6.07 Å². The van der Waals surface area contributed by atoms with Gasteiger partial charge in [0.2, 0.25) is 0 Å². The van der Waals surface area contributed by atoms with Crippen molar-refractivity contribution in [2.24, 2.45) is 0 Å². The van der Waals surface area contributed by atoms with E-state index in [1.54, 1.807) is 24.3 Å². The summed E-state index contributed by atoms with van der Waals surface area (Å²) >= 11 is 0. The van der Waals surface area contributed by atoms with E-state index in [0.717, 1.165) is 16.7 Å². The minimum Gasteiger partial charge on any atom is -0.427 e. The number of nitrogens with zero attached hydrogens (tertiary/aromatic N) is 1. The Labute approximate surface area is 153 Å². The van der Waals surface area contributed by atoms with Crippen LogP contribution in [0.15, 0.2) is 78.9 Å². The zero-order valence-corrected chi connectivity index (χ0v) is 14.6. The van der Waals surface area contributed by atoms with Crippen molar-refractivity contribution in [1.29, 1.82) is 5.26 Å². The van der Waals surface area contributed by atoms with Gasteiger partial charge in [-0.15, -0.1) is 0 Å². The SMILES string of the molecule is C[C@H](CC(=O)Oc1ccc(-c2ccc(C#N)cc2)cc1)c1ccccc1. The van der Waals surface area contributed by atoms with Gasteiger partial charge in [-0.1, -0.05) is 61.5 Å². The highest BCUT2D eigenvalue weighted by Gasteiger charge is 2.13. The van der Waals surface area contributed by atoms with E-state index in [-0.39, 0.29) is 11.9 Å². The second kappa shape index (κ2) is 8.13. The second-order valence-electron chi connectivity index (χ2n) is 6.20. The topological polar surface area (TPSA) is 50.1 Å². The molecule has 3 aromatic rings. The van der Waals surface area contributed by atoms with E-state index < -0.39 is 0 Å². The monoisotopic (exact) mass is 341 g/mol. The van der Waals surface area contributed by atoms with Crippen LogP contribution in [0.3, 0.4) is 0 Å². The van der Waals surface area contributed by atoms with Gasteiger partial charge in [0.25, 0.3) is 0 Å². The normalized spacial score (nSPS) is 11.4. The highest BCUT2D eigenvalue weighted by molar-refractivity contribution is 5.74. The predicted molar refractivity (Wildman–Crippen MR) is 102 cm³/mol. The smallest absolute Gasteiger partial charge is 0.311 e. The Hall–Kier alpha value is -3.38. The third-order valence-electron chi connectivity index (χ3n) is 4.27. The van der Waals surface area contributed by atoms with E-state index in [9.17, 15) is 4.79 Å². The zero-order chi connectivity index (χ0) is 18.4. The highest BCUT2D eigenvalue weighted by Crippen LogP contribution is 2.24. The first-order valence-corrected chi connectivity index (χ1v) is 8.52. The summed E-state index contributed by atoms with van der Waals surface area (Å²) < 4.78 is 5.45. The Morgan fingerprint density at radius 3 is 2.08 bits per heavy atom. The number of nitriles is 1. The molecule has 0 saturated heterocycles. The van der Waals surface area contributed by atoms with Crippen molar-refractivity contribution in [2.75, 3.05) is 0 Å². The lowest BCUT2D eigenvalue weighted by atomic mass is 9.98. The summed E-state index contributed by atoms with van der Waals surface area (Å²) in [6.07, 6.45) is 0.335. The molecule has 0 aliphatic rings. The van der Waals surface area contributed by atoms with Crippen molar-refractivity contribution in [3.63, 3.8) is 0 Å². The van der Waals surface area contributed by atoms with Gasteiger partial charge in [0.05, 0.1) is 18.1 Å². The number of hydrogen-bond acceptors (Lipinski definition) is 3. The molecule has 0 amide bonds. The van der Waals surface area contributed by atoms with Crippen LogP contribution in [0.5, 0.6) is 5.75 Å². The van der Waals surface area contributed by atoms with Gasteiger partial charge in [0.1, 0.15) is 5.75 Å². The molecular formula is C23H19NO2. The van der Waals surface area contributed by atoms with Crippen LogP contribution in [-0.4, -0.2) is 5.97 Å². The van der Waals surface area contributed by atoms with Gasteiger partial charge in [0, 0.05) is 0 Å². The van der Waals surface area contributed by atoms with Crippen molar-refractivity contribution >= 4 is 5.97 Å². The quantitative estimate of drug-likeness (QED) is 0.466. The molecule has 0 fully saturated rings. The van der Waals surface area contributed by atoms with E-state index in [4.69, 9.17) is 10.00 Å². The van der Waals surface area contributed by atoms with Crippen LogP contribution in [0.4, 0.5) is 0 Å².